The minimum Gasteiger partial charge on any atom is -0.507 e. The highest BCUT2D eigenvalue weighted by Crippen LogP contribution is 2.42. The number of aryl methyl sites for hydroxylation is 2. The van der Waals surface area contributed by atoms with E-state index in [0.29, 0.717) is 35.8 Å². The number of ketones is 1. The summed E-state index contributed by atoms with van der Waals surface area (Å²) in [6, 6.07) is 28.5. The molecule has 1 atom stereocenters. The summed E-state index contributed by atoms with van der Waals surface area (Å²) >= 11 is 0. The minimum absolute atomic E-state index is 0.00329. The Hall–Kier alpha value is -5.17. The summed E-state index contributed by atoms with van der Waals surface area (Å²) in [5.41, 5.74) is 5.05. The van der Waals surface area contributed by atoms with Gasteiger partial charge in [-0.15, -0.1) is 0 Å². The lowest BCUT2D eigenvalue weighted by Gasteiger charge is -2.26. The molecule has 43 heavy (non-hydrogen) atoms. The zero-order chi connectivity index (χ0) is 30.5. The summed E-state index contributed by atoms with van der Waals surface area (Å²) in [5.74, 6) is -1.47. The van der Waals surface area contributed by atoms with E-state index in [1.54, 1.807) is 49.4 Å². The van der Waals surface area contributed by atoms with Crippen molar-refractivity contribution in [2.75, 3.05) is 11.5 Å². The van der Waals surface area contributed by atoms with Gasteiger partial charge in [0, 0.05) is 11.3 Å². The molecular weight excluding hydrogens is 542 g/mol. The van der Waals surface area contributed by atoms with Crippen molar-refractivity contribution in [1.29, 1.82) is 0 Å². The molecule has 0 bridgehead atoms. The Morgan fingerprint density at radius 3 is 2.28 bits per heavy atom. The molecule has 0 aliphatic carbocycles. The van der Waals surface area contributed by atoms with E-state index in [0.717, 1.165) is 22.3 Å². The molecule has 7 heteroatoms. The molecule has 0 radical (unpaired) electrons. The Morgan fingerprint density at radius 2 is 1.60 bits per heavy atom. The van der Waals surface area contributed by atoms with Gasteiger partial charge in [-0.1, -0.05) is 72.3 Å². The van der Waals surface area contributed by atoms with E-state index in [9.17, 15) is 19.5 Å². The largest absolute Gasteiger partial charge is 0.507 e. The second-order valence-electron chi connectivity index (χ2n) is 10.5. The fourth-order valence-corrected chi connectivity index (χ4v) is 5.26. The van der Waals surface area contributed by atoms with Crippen LogP contribution in [-0.2, 0) is 32.1 Å². The number of anilines is 1. The summed E-state index contributed by atoms with van der Waals surface area (Å²) in [6.45, 7) is 6.23. The number of aliphatic hydroxyl groups excluding tert-OH is 1. The van der Waals surface area contributed by atoms with E-state index in [4.69, 9.17) is 9.47 Å². The standard InChI is InChI=1S/C36H33NO6/c1-4-42-31(38)21-25-13-16-29(17-14-25)37-33(27-12-8-9-23(2)19-27)32(35(40)36(37)41)34(39)28-15-18-30(24(3)20-28)43-22-26-10-6-5-7-11-26/h5-20,33,39H,4,21-22H2,1-3H3/b34-32-. The fraction of sp³-hybridized carbons (Fsp3) is 0.194. The second kappa shape index (κ2) is 12.8. The van der Waals surface area contributed by atoms with Gasteiger partial charge in [-0.2, -0.15) is 0 Å². The molecular formula is C36H33NO6. The maximum Gasteiger partial charge on any atom is 0.310 e. The van der Waals surface area contributed by atoms with Gasteiger partial charge in [0.15, 0.2) is 0 Å². The Bertz CT molecular complexity index is 1690. The zero-order valence-corrected chi connectivity index (χ0v) is 24.4. The molecule has 1 aliphatic rings. The van der Waals surface area contributed by atoms with Crippen molar-refractivity contribution < 1.29 is 29.0 Å². The summed E-state index contributed by atoms with van der Waals surface area (Å²) in [6.07, 6.45) is 0.0959. The molecule has 218 valence electrons. The maximum atomic E-state index is 13.6. The molecule has 4 aromatic rings. The lowest BCUT2D eigenvalue weighted by Crippen LogP contribution is -2.29. The van der Waals surface area contributed by atoms with Crippen molar-refractivity contribution >= 4 is 29.1 Å². The topological polar surface area (TPSA) is 93.1 Å². The number of Topliss-reactive ketones (excluding diaryl/α,β-unsaturated/α-hetero) is 1. The summed E-state index contributed by atoms with van der Waals surface area (Å²) in [7, 11) is 0. The van der Waals surface area contributed by atoms with Gasteiger partial charge in [0.25, 0.3) is 11.7 Å². The van der Waals surface area contributed by atoms with Crippen LogP contribution >= 0.6 is 0 Å². The molecule has 0 saturated carbocycles. The Balaban J connectivity index is 1.51. The highest BCUT2D eigenvalue weighted by Gasteiger charge is 2.47. The van der Waals surface area contributed by atoms with E-state index < -0.39 is 17.7 Å². The first kappa shape index (κ1) is 29.3. The smallest absolute Gasteiger partial charge is 0.310 e. The molecule has 1 unspecified atom stereocenters. The molecule has 4 aromatic carbocycles. The molecule has 1 amide bonds. The second-order valence-corrected chi connectivity index (χ2v) is 10.5. The van der Waals surface area contributed by atoms with Crippen molar-refractivity contribution in [2.24, 2.45) is 0 Å². The van der Waals surface area contributed by atoms with Crippen molar-refractivity contribution in [3.05, 3.63) is 136 Å². The number of rotatable bonds is 9. The SMILES string of the molecule is CCOC(=O)Cc1ccc(N2C(=O)C(=O)/C(=C(\O)c3ccc(OCc4ccccc4)c(C)c3)C2c2cccc(C)c2)cc1. The molecule has 1 saturated heterocycles. The Kier molecular flexibility index (Phi) is 8.71. The highest BCUT2D eigenvalue weighted by atomic mass is 16.5. The predicted molar refractivity (Wildman–Crippen MR) is 165 cm³/mol. The van der Waals surface area contributed by atoms with Crippen LogP contribution in [0.15, 0.2) is 103 Å². The van der Waals surface area contributed by atoms with Gasteiger partial charge in [-0.25, -0.2) is 0 Å². The van der Waals surface area contributed by atoms with Crippen molar-refractivity contribution in [2.45, 2.75) is 39.8 Å². The van der Waals surface area contributed by atoms with Gasteiger partial charge in [-0.3, -0.25) is 19.3 Å². The summed E-state index contributed by atoms with van der Waals surface area (Å²) < 4.78 is 11.0. The summed E-state index contributed by atoms with van der Waals surface area (Å²) in [4.78, 5) is 40.5. The van der Waals surface area contributed by atoms with Crippen LogP contribution in [0.5, 0.6) is 5.75 Å². The normalized spacial score (nSPS) is 15.9. The quantitative estimate of drug-likeness (QED) is 0.104. The Labute approximate surface area is 251 Å². The van der Waals surface area contributed by atoms with Crippen LogP contribution in [0.3, 0.4) is 0 Å². The van der Waals surface area contributed by atoms with Gasteiger partial charge in [0.1, 0.15) is 18.1 Å². The van der Waals surface area contributed by atoms with Crippen molar-refractivity contribution in [3.8, 4) is 5.75 Å². The van der Waals surface area contributed by atoms with Gasteiger partial charge in [-0.05, 0) is 73.4 Å². The molecule has 1 fully saturated rings. The fourth-order valence-electron chi connectivity index (χ4n) is 5.26. The molecule has 1 heterocycles. The number of hydrogen-bond donors (Lipinski definition) is 1. The van der Waals surface area contributed by atoms with Crippen molar-refractivity contribution in [1.82, 2.24) is 0 Å². The molecule has 0 spiro atoms. The van der Waals surface area contributed by atoms with Gasteiger partial charge in [0.2, 0.25) is 0 Å². The van der Waals surface area contributed by atoms with Crippen LogP contribution in [0.2, 0.25) is 0 Å². The number of carbonyl (C=O) groups excluding carboxylic acids is 3. The van der Waals surface area contributed by atoms with Crippen LogP contribution in [-0.4, -0.2) is 29.4 Å². The molecule has 0 aromatic heterocycles. The van der Waals surface area contributed by atoms with Crippen LogP contribution in [0.25, 0.3) is 5.76 Å². The van der Waals surface area contributed by atoms with Crippen LogP contribution in [0.1, 0.15) is 46.3 Å². The number of nitrogens with zero attached hydrogens (tertiary/aromatic N) is 1. The van der Waals surface area contributed by atoms with Crippen LogP contribution in [0.4, 0.5) is 5.69 Å². The maximum absolute atomic E-state index is 13.6. The first-order valence-corrected chi connectivity index (χ1v) is 14.2. The number of aliphatic hydroxyl groups is 1. The van der Waals surface area contributed by atoms with Crippen molar-refractivity contribution in [3.63, 3.8) is 0 Å². The third-order valence-corrected chi connectivity index (χ3v) is 7.36. The third-order valence-electron chi connectivity index (χ3n) is 7.36. The van der Waals surface area contributed by atoms with E-state index in [1.165, 1.54) is 4.90 Å². The molecule has 1 N–H and O–H groups in total. The van der Waals surface area contributed by atoms with Crippen LogP contribution < -0.4 is 9.64 Å². The molecule has 5 rings (SSSR count). The monoisotopic (exact) mass is 575 g/mol. The lowest BCUT2D eigenvalue weighted by molar-refractivity contribution is -0.142. The highest BCUT2D eigenvalue weighted by molar-refractivity contribution is 6.51. The van der Waals surface area contributed by atoms with E-state index in [2.05, 4.69) is 0 Å². The van der Waals surface area contributed by atoms with E-state index in [1.807, 2.05) is 68.4 Å². The van der Waals surface area contributed by atoms with E-state index in [-0.39, 0.29) is 23.7 Å². The first-order chi connectivity index (χ1) is 20.8. The molecule has 7 nitrogen and oxygen atoms in total. The number of esters is 1. The van der Waals surface area contributed by atoms with E-state index >= 15 is 0 Å². The number of ether oxygens (including phenoxy) is 2. The zero-order valence-electron chi connectivity index (χ0n) is 24.4. The third kappa shape index (κ3) is 6.36. The number of hydrogen-bond acceptors (Lipinski definition) is 6. The molecule has 1 aliphatic heterocycles. The number of amides is 1. The lowest BCUT2D eigenvalue weighted by atomic mass is 9.93. The predicted octanol–water partition coefficient (Wildman–Crippen LogP) is 6.61. The number of carbonyl (C=O) groups is 3. The average molecular weight is 576 g/mol. The summed E-state index contributed by atoms with van der Waals surface area (Å²) in [5, 5.41) is 11.6. The number of benzene rings is 4. The first-order valence-electron chi connectivity index (χ1n) is 14.2. The minimum atomic E-state index is -0.856. The average Bonchev–Trinajstić information content (AvgIpc) is 3.27. The van der Waals surface area contributed by atoms with Gasteiger partial charge in [0.05, 0.1) is 24.6 Å². The van der Waals surface area contributed by atoms with Gasteiger partial charge < -0.3 is 14.6 Å². The van der Waals surface area contributed by atoms with Crippen LogP contribution in [0, 0.1) is 13.8 Å². The van der Waals surface area contributed by atoms with Gasteiger partial charge >= 0.3 is 5.97 Å². The Morgan fingerprint density at radius 1 is 0.860 bits per heavy atom.